The minimum absolute atomic E-state index is 0.264. The van der Waals surface area contributed by atoms with Gasteiger partial charge in [-0.15, -0.1) is 0 Å². The minimum atomic E-state index is 0.264. The fourth-order valence-electron chi connectivity index (χ4n) is 2.73. The van der Waals surface area contributed by atoms with Gasteiger partial charge in [-0.3, -0.25) is 4.79 Å². The summed E-state index contributed by atoms with van der Waals surface area (Å²) in [5.74, 6) is 0.936. The Hall–Kier alpha value is -0.570. The lowest BCUT2D eigenvalue weighted by atomic mass is 9.96. The number of carbonyl (C=O) groups excluding carboxylic acids is 1. The summed E-state index contributed by atoms with van der Waals surface area (Å²) in [6.07, 6.45) is 11.4. The quantitative estimate of drug-likeness (QED) is 0.561. The predicted octanol–water partition coefficient (Wildman–Crippen LogP) is 2.97. The van der Waals surface area contributed by atoms with Crippen LogP contribution < -0.4 is 0 Å². The summed E-state index contributed by atoms with van der Waals surface area (Å²) in [5.41, 5.74) is 0. The van der Waals surface area contributed by atoms with Crippen LogP contribution in [-0.4, -0.2) is 36.1 Å². The summed E-state index contributed by atoms with van der Waals surface area (Å²) in [7, 11) is 1.91. The molecule has 0 spiro atoms. The second-order valence-electron chi connectivity index (χ2n) is 5.66. The topological polar surface area (TPSA) is 40.5 Å². The monoisotopic (exact) mass is 255 g/mol. The Bertz CT molecular complexity index is 223. The number of amides is 1. The van der Waals surface area contributed by atoms with Gasteiger partial charge in [-0.25, -0.2) is 0 Å². The van der Waals surface area contributed by atoms with Gasteiger partial charge in [0.15, 0.2) is 0 Å². The molecule has 3 heteroatoms. The zero-order chi connectivity index (χ0) is 13.2. The maximum absolute atomic E-state index is 12.1. The van der Waals surface area contributed by atoms with E-state index in [-0.39, 0.29) is 6.61 Å². The zero-order valence-corrected chi connectivity index (χ0v) is 11.9. The molecule has 0 aliphatic heterocycles. The average molecular weight is 255 g/mol. The second kappa shape index (κ2) is 9.37. The number of unbranched alkanes of at least 4 members (excludes halogenated alkanes) is 2. The highest BCUT2D eigenvalue weighted by atomic mass is 16.2. The van der Waals surface area contributed by atoms with Gasteiger partial charge in [-0.1, -0.05) is 25.7 Å². The lowest BCUT2D eigenvalue weighted by Crippen LogP contribution is -2.29. The van der Waals surface area contributed by atoms with E-state index >= 15 is 0 Å². The fourth-order valence-corrected chi connectivity index (χ4v) is 2.73. The van der Waals surface area contributed by atoms with Crippen molar-refractivity contribution in [3.8, 4) is 0 Å². The maximum atomic E-state index is 12.1. The lowest BCUT2D eigenvalue weighted by molar-refractivity contribution is -0.131. The first-order valence-corrected chi connectivity index (χ1v) is 7.59. The Labute approximate surface area is 112 Å². The summed E-state index contributed by atoms with van der Waals surface area (Å²) in [6.45, 7) is 1.10. The molecule has 0 heterocycles. The third kappa shape index (κ3) is 6.39. The molecule has 0 aromatic heterocycles. The molecule has 0 saturated heterocycles. The SMILES string of the molecule is CN(CCCCCO)C(=O)CC1CCCCCC1. The third-order valence-corrected chi connectivity index (χ3v) is 4.02. The molecule has 0 aromatic carbocycles. The van der Waals surface area contributed by atoms with Crippen LogP contribution in [0.15, 0.2) is 0 Å². The first-order chi connectivity index (χ1) is 8.74. The van der Waals surface area contributed by atoms with Crippen molar-refractivity contribution in [1.29, 1.82) is 0 Å². The summed E-state index contributed by atoms with van der Waals surface area (Å²) < 4.78 is 0. The van der Waals surface area contributed by atoms with E-state index in [2.05, 4.69) is 0 Å². The summed E-state index contributed by atoms with van der Waals surface area (Å²) in [4.78, 5) is 13.9. The van der Waals surface area contributed by atoms with Crippen LogP contribution in [0.1, 0.15) is 64.2 Å². The molecule has 1 saturated carbocycles. The predicted molar refractivity (Wildman–Crippen MR) is 74.4 cm³/mol. The maximum Gasteiger partial charge on any atom is 0.222 e. The van der Waals surface area contributed by atoms with E-state index < -0.39 is 0 Å². The molecule has 0 radical (unpaired) electrons. The molecule has 106 valence electrons. The molecule has 1 fully saturated rings. The van der Waals surface area contributed by atoms with Crippen molar-refractivity contribution in [2.24, 2.45) is 5.92 Å². The smallest absolute Gasteiger partial charge is 0.222 e. The molecule has 0 aromatic rings. The van der Waals surface area contributed by atoms with E-state index in [0.717, 1.165) is 32.2 Å². The molecule has 0 unspecified atom stereocenters. The fraction of sp³-hybridized carbons (Fsp3) is 0.933. The summed E-state index contributed by atoms with van der Waals surface area (Å²) in [6, 6.07) is 0. The van der Waals surface area contributed by atoms with Crippen molar-refractivity contribution < 1.29 is 9.90 Å². The largest absolute Gasteiger partial charge is 0.396 e. The van der Waals surface area contributed by atoms with Crippen LogP contribution in [0.25, 0.3) is 0 Å². The van der Waals surface area contributed by atoms with Crippen molar-refractivity contribution in [3.63, 3.8) is 0 Å². The number of rotatable bonds is 7. The average Bonchev–Trinajstić information content (AvgIpc) is 2.63. The molecule has 0 bridgehead atoms. The Balaban J connectivity index is 2.17. The molecule has 1 N–H and O–H groups in total. The van der Waals surface area contributed by atoms with E-state index in [1.54, 1.807) is 0 Å². The molecule has 3 nitrogen and oxygen atoms in total. The molecular formula is C15H29NO2. The molecule has 1 amide bonds. The van der Waals surface area contributed by atoms with Crippen LogP contribution in [-0.2, 0) is 4.79 Å². The highest BCUT2D eigenvalue weighted by molar-refractivity contribution is 5.76. The third-order valence-electron chi connectivity index (χ3n) is 4.02. The standard InChI is InChI=1S/C15H29NO2/c1-16(11-7-4-8-12-17)15(18)13-14-9-5-2-3-6-10-14/h14,17H,2-13H2,1H3. The first kappa shape index (κ1) is 15.5. The van der Waals surface area contributed by atoms with Crippen LogP contribution in [0.5, 0.6) is 0 Å². The van der Waals surface area contributed by atoms with Gasteiger partial charge in [0.25, 0.3) is 0 Å². The van der Waals surface area contributed by atoms with Crippen molar-refractivity contribution in [1.82, 2.24) is 4.90 Å². The summed E-state index contributed by atoms with van der Waals surface area (Å²) in [5, 5.41) is 8.70. The van der Waals surface area contributed by atoms with Gasteiger partial charge in [0, 0.05) is 26.6 Å². The van der Waals surface area contributed by atoms with Gasteiger partial charge in [0.2, 0.25) is 5.91 Å². The number of aliphatic hydroxyl groups excluding tert-OH is 1. The molecule has 0 atom stereocenters. The van der Waals surface area contributed by atoms with E-state index in [9.17, 15) is 4.79 Å². The second-order valence-corrected chi connectivity index (χ2v) is 5.66. The van der Waals surface area contributed by atoms with Crippen LogP contribution in [0.2, 0.25) is 0 Å². The van der Waals surface area contributed by atoms with Gasteiger partial charge < -0.3 is 10.0 Å². The first-order valence-electron chi connectivity index (χ1n) is 7.59. The highest BCUT2D eigenvalue weighted by Gasteiger charge is 2.18. The Kier molecular flexibility index (Phi) is 8.06. The van der Waals surface area contributed by atoms with E-state index in [1.807, 2.05) is 11.9 Å². The number of carbonyl (C=O) groups is 1. The van der Waals surface area contributed by atoms with Crippen LogP contribution in [0, 0.1) is 5.92 Å². The minimum Gasteiger partial charge on any atom is -0.396 e. The van der Waals surface area contributed by atoms with E-state index in [4.69, 9.17) is 5.11 Å². The molecule has 1 aliphatic carbocycles. The van der Waals surface area contributed by atoms with Crippen LogP contribution in [0.4, 0.5) is 0 Å². The van der Waals surface area contributed by atoms with Gasteiger partial charge in [-0.05, 0) is 38.0 Å². The van der Waals surface area contributed by atoms with Crippen molar-refractivity contribution >= 4 is 5.91 Å². The van der Waals surface area contributed by atoms with Crippen LogP contribution >= 0.6 is 0 Å². The summed E-state index contributed by atoms with van der Waals surface area (Å²) >= 11 is 0. The van der Waals surface area contributed by atoms with Crippen molar-refractivity contribution in [3.05, 3.63) is 0 Å². The molecular weight excluding hydrogens is 226 g/mol. The highest BCUT2D eigenvalue weighted by Crippen LogP contribution is 2.25. The van der Waals surface area contributed by atoms with Crippen molar-refractivity contribution in [2.45, 2.75) is 64.2 Å². The van der Waals surface area contributed by atoms with E-state index in [0.29, 0.717) is 11.8 Å². The number of hydrogen-bond acceptors (Lipinski definition) is 2. The van der Waals surface area contributed by atoms with Gasteiger partial charge >= 0.3 is 0 Å². The van der Waals surface area contributed by atoms with Gasteiger partial charge in [0.1, 0.15) is 0 Å². The van der Waals surface area contributed by atoms with E-state index in [1.165, 1.54) is 38.5 Å². The van der Waals surface area contributed by atoms with Crippen molar-refractivity contribution in [2.75, 3.05) is 20.2 Å². The van der Waals surface area contributed by atoms with Gasteiger partial charge in [-0.2, -0.15) is 0 Å². The molecule has 18 heavy (non-hydrogen) atoms. The van der Waals surface area contributed by atoms with Gasteiger partial charge in [0.05, 0.1) is 0 Å². The van der Waals surface area contributed by atoms with Crippen LogP contribution in [0.3, 0.4) is 0 Å². The Morgan fingerprint density at radius 1 is 1.11 bits per heavy atom. The molecule has 1 rings (SSSR count). The number of hydrogen-bond donors (Lipinski definition) is 1. The normalized spacial score (nSPS) is 17.4. The lowest BCUT2D eigenvalue weighted by Gasteiger charge is -2.20. The zero-order valence-electron chi connectivity index (χ0n) is 11.9. The molecule has 1 aliphatic rings. The Morgan fingerprint density at radius 2 is 1.78 bits per heavy atom. The number of nitrogens with zero attached hydrogens (tertiary/aromatic N) is 1. The number of aliphatic hydroxyl groups is 1. The Morgan fingerprint density at radius 3 is 2.39 bits per heavy atom.